The maximum Gasteiger partial charge on any atom is 0.340 e. The quantitative estimate of drug-likeness (QED) is 0.845. The highest BCUT2D eigenvalue weighted by atomic mass is 79.9. The summed E-state index contributed by atoms with van der Waals surface area (Å²) in [6, 6.07) is 0. The fourth-order valence-electron chi connectivity index (χ4n) is 1.06. The third-order valence-electron chi connectivity index (χ3n) is 1.68. The van der Waals surface area contributed by atoms with Gasteiger partial charge >= 0.3 is 5.97 Å². The van der Waals surface area contributed by atoms with Gasteiger partial charge in [0, 0.05) is 6.54 Å². The van der Waals surface area contributed by atoms with Gasteiger partial charge in [-0.25, -0.2) is 4.79 Å². The number of aryl methyl sites for hydroxylation is 1. The number of carboxylic acid groups (broad SMARTS) is 1. The van der Waals surface area contributed by atoms with Crippen LogP contribution in [0.1, 0.15) is 23.0 Å². The van der Waals surface area contributed by atoms with Crippen LogP contribution in [0, 0.1) is 6.92 Å². The number of rotatable bonds is 2. The number of aromatic carboxylic acids is 1. The zero-order valence-electron chi connectivity index (χ0n) is 6.83. The first-order chi connectivity index (χ1) is 5.57. The molecule has 12 heavy (non-hydrogen) atoms. The van der Waals surface area contributed by atoms with Crippen LogP contribution < -0.4 is 0 Å². The van der Waals surface area contributed by atoms with Crippen LogP contribution in [0.3, 0.4) is 0 Å². The molecule has 1 aromatic heterocycles. The zero-order valence-corrected chi connectivity index (χ0v) is 8.42. The van der Waals surface area contributed by atoms with Crippen LogP contribution >= 0.6 is 15.9 Å². The van der Waals surface area contributed by atoms with Crippen molar-refractivity contribution in [3.05, 3.63) is 15.9 Å². The number of aromatic nitrogens is 2. The fourth-order valence-corrected chi connectivity index (χ4v) is 1.71. The predicted octanol–water partition coefficient (Wildman–Crippen LogP) is 1.67. The van der Waals surface area contributed by atoms with Crippen molar-refractivity contribution in [3.8, 4) is 0 Å². The Morgan fingerprint density at radius 3 is 2.58 bits per heavy atom. The Morgan fingerprint density at radius 1 is 1.75 bits per heavy atom. The molecule has 66 valence electrons. The topological polar surface area (TPSA) is 55.1 Å². The van der Waals surface area contributed by atoms with Gasteiger partial charge in [-0.15, -0.1) is 0 Å². The highest BCUT2D eigenvalue weighted by Gasteiger charge is 2.17. The first kappa shape index (κ1) is 9.25. The number of hydrogen-bond acceptors (Lipinski definition) is 2. The average Bonchev–Trinajstić information content (AvgIpc) is 2.25. The van der Waals surface area contributed by atoms with Crippen molar-refractivity contribution in [2.45, 2.75) is 20.4 Å². The van der Waals surface area contributed by atoms with Gasteiger partial charge in [0.25, 0.3) is 0 Å². The second-order valence-corrected chi connectivity index (χ2v) is 3.12. The van der Waals surface area contributed by atoms with Crippen molar-refractivity contribution in [1.29, 1.82) is 0 Å². The molecule has 1 N–H and O–H groups in total. The van der Waals surface area contributed by atoms with Crippen molar-refractivity contribution in [2.24, 2.45) is 0 Å². The summed E-state index contributed by atoms with van der Waals surface area (Å²) in [5.41, 5.74) is 0.925. The number of hydrogen-bond donors (Lipinski definition) is 1. The number of nitrogens with zero attached hydrogens (tertiary/aromatic N) is 2. The van der Waals surface area contributed by atoms with Crippen LogP contribution in [0.5, 0.6) is 0 Å². The van der Waals surface area contributed by atoms with E-state index in [1.807, 2.05) is 6.92 Å². The van der Waals surface area contributed by atoms with E-state index in [1.54, 1.807) is 11.6 Å². The van der Waals surface area contributed by atoms with Crippen LogP contribution in [0.15, 0.2) is 4.60 Å². The molecule has 5 heteroatoms. The summed E-state index contributed by atoms with van der Waals surface area (Å²) in [4.78, 5) is 10.7. The summed E-state index contributed by atoms with van der Waals surface area (Å²) in [6.07, 6.45) is 0. The minimum atomic E-state index is -0.945. The van der Waals surface area contributed by atoms with Gasteiger partial charge in [0.15, 0.2) is 0 Å². The van der Waals surface area contributed by atoms with Crippen molar-refractivity contribution in [3.63, 3.8) is 0 Å². The normalized spacial score (nSPS) is 10.2. The molecule has 0 saturated heterocycles. The lowest BCUT2D eigenvalue weighted by Crippen LogP contribution is -2.02. The van der Waals surface area contributed by atoms with Gasteiger partial charge in [-0.3, -0.25) is 4.68 Å². The fraction of sp³-hybridized carbons (Fsp3) is 0.429. The molecule has 0 aliphatic heterocycles. The number of halogens is 1. The Bertz CT molecular complexity index is 319. The molecule has 1 rings (SSSR count). The molecule has 0 unspecified atom stereocenters. The van der Waals surface area contributed by atoms with Gasteiger partial charge < -0.3 is 5.11 Å². The minimum Gasteiger partial charge on any atom is -0.478 e. The van der Waals surface area contributed by atoms with Crippen LogP contribution in [-0.4, -0.2) is 20.9 Å². The van der Waals surface area contributed by atoms with Crippen molar-refractivity contribution < 1.29 is 9.90 Å². The molecular weight excluding hydrogens is 224 g/mol. The predicted molar refractivity (Wildman–Crippen MR) is 47.3 cm³/mol. The molecule has 0 fully saturated rings. The summed E-state index contributed by atoms with van der Waals surface area (Å²) in [5.74, 6) is -0.945. The number of carboxylic acids is 1. The molecular formula is C7H9BrN2O2. The van der Waals surface area contributed by atoms with Gasteiger partial charge in [-0.1, -0.05) is 0 Å². The van der Waals surface area contributed by atoms with E-state index in [0.717, 1.165) is 0 Å². The molecule has 1 heterocycles. The highest BCUT2D eigenvalue weighted by Crippen LogP contribution is 2.18. The van der Waals surface area contributed by atoms with Gasteiger partial charge in [-0.05, 0) is 29.8 Å². The molecule has 0 bridgehead atoms. The maximum absolute atomic E-state index is 10.7. The summed E-state index contributed by atoms with van der Waals surface area (Å²) in [7, 11) is 0. The molecule has 0 atom stereocenters. The number of carbonyl (C=O) groups is 1. The van der Waals surface area contributed by atoms with Crippen molar-refractivity contribution >= 4 is 21.9 Å². The molecule has 0 aliphatic rings. The summed E-state index contributed by atoms with van der Waals surface area (Å²) in [6.45, 7) is 4.33. The van der Waals surface area contributed by atoms with E-state index in [1.165, 1.54) is 0 Å². The second kappa shape index (κ2) is 3.26. The van der Waals surface area contributed by atoms with Crippen LogP contribution in [0.4, 0.5) is 0 Å². The summed E-state index contributed by atoms with van der Waals surface area (Å²) in [5, 5.41) is 12.8. The first-order valence-electron chi connectivity index (χ1n) is 3.54. The Labute approximate surface area is 78.3 Å². The first-order valence-corrected chi connectivity index (χ1v) is 4.33. The summed E-state index contributed by atoms with van der Waals surface area (Å²) < 4.78 is 2.04. The van der Waals surface area contributed by atoms with Gasteiger partial charge in [0.2, 0.25) is 0 Å². The lowest BCUT2D eigenvalue weighted by Gasteiger charge is -1.97. The van der Waals surface area contributed by atoms with Crippen LogP contribution in [0.2, 0.25) is 0 Å². The van der Waals surface area contributed by atoms with E-state index >= 15 is 0 Å². The SMILES string of the molecule is CCn1nc(Br)c(C(=O)O)c1C. The van der Waals surface area contributed by atoms with E-state index in [2.05, 4.69) is 21.0 Å². The molecule has 0 amide bonds. The van der Waals surface area contributed by atoms with Crippen molar-refractivity contribution in [1.82, 2.24) is 9.78 Å². The largest absolute Gasteiger partial charge is 0.478 e. The maximum atomic E-state index is 10.7. The molecule has 0 aromatic carbocycles. The Morgan fingerprint density at radius 2 is 2.33 bits per heavy atom. The molecule has 0 saturated carbocycles. The van der Waals surface area contributed by atoms with Crippen molar-refractivity contribution in [2.75, 3.05) is 0 Å². The molecule has 4 nitrogen and oxygen atoms in total. The molecule has 0 aliphatic carbocycles. The monoisotopic (exact) mass is 232 g/mol. The molecule has 0 radical (unpaired) electrons. The Hall–Kier alpha value is -0.840. The van der Waals surface area contributed by atoms with E-state index in [9.17, 15) is 4.79 Å². The van der Waals surface area contributed by atoms with E-state index in [0.29, 0.717) is 16.8 Å². The van der Waals surface area contributed by atoms with E-state index < -0.39 is 5.97 Å². The lowest BCUT2D eigenvalue weighted by molar-refractivity contribution is 0.0695. The Balaban J connectivity index is 3.28. The third kappa shape index (κ3) is 1.36. The van der Waals surface area contributed by atoms with E-state index in [4.69, 9.17) is 5.11 Å². The van der Waals surface area contributed by atoms with Gasteiger partial charge in [0.1, 0.15) is 10.2 Å². The standard InChI is InChI=1S/C7H9BrN2O2/c1-3-10-4(2)5(7(11)12)6(8)9-10/h3H2,1-2H3,(H,11,12). The van der Waals surface area contributed by atoms with Gasteiger partial charge in [-0.2, -0.15) is 5.10 Å². The van der Waals surface area contributed by atoms with Crippen LogP contribution in [0.25, 0.3) is 0 Å². The van der Waals surface area contributed by atoms with Crippen LogP contribution in [-0.2, 0) is 6.54 Å². The minimum absolute atomic E-state index is 0.247. The smallest absolute Gasteiger partial charge is 0.340 e. The highest BCUT2D eigenvalue weighted by molar-refractivity contribution is 9.10. The third-order valence-corrected chi connectivity index (χ3v) is 2.23. The summed E-state index contributed by atoms with van der Waals surface area (Å²) >= 11 is 3.10. The Kier molecular flexibility index (Phi) is 2.52. The second-order valence-electron chi connectivity index (χ2n) is 2.37. The van der Waals surface area contributed by atoms with Gasteiger partial charge in [0.05, 0.1) is 5.69 Å². The molecule has 0 spiro atoms. The van der Waals surface area contributed by atoms with E-state index in [-0.39, 0.29) is 5.56 Å². The average molecular weight is 233 g/mol. The molecule has 1 aromatic rings. The zero-order chi connectivity index (χ0) is 9.30. The lowest BCUT2D eigenvalue weighted by atomic mass is 10.3.